The van der Waals surface area contributed by atoms with Crippen molar-refractivity contribution in [2.45, 2.75) is 193 Å². The lowest BCUT2D eigenvalue weighted by atomic mass is 10.1. The van der Waals surface area contributed by atoms with Gasteiger partial charge in [0.05, 0.1) is 54.2 Å². The number of fused-ring (bicyclic) bond motifs is 2. The van der Waals surface area contributed by atoms with Crippen molar-refractivity contribution in [3.63, 3.8) is 0 Å². The molecule has 2 aromatic heterocycles. The molecule has 3 atom stereocenters. The van der Waals surface area contributed by atoms with E-state index < -0.39 is 79.8 Å². The minimum Gasteiger partial charge on any atom is -0.468 e. The summed E-state index contributed by atoms with van der Waals surface area (Å²) < 4.78 is 83.0. The van der Waals surface area contributed by atoms with Crippen LogP contribution < -0.4 is 78.8 Å². The summed E-state index contributed by atoms with van der Waals surface area (Å²) in [5.41, 5.74) is 4.69. The Labute approximate surface area is 746 Å². The third-order valence-electron chi connectivity index (χ3n) is 20.5. The minimum atomic E-state index is -4.25. The number of carbonyl (C=O) groups excluding carboxylic acids is 10. The quantitative estimate of drug-likeness (QED) is 0.0191. The molecule has 0 aliphatic carbocycles. The molecule has 696 valence electrons. The highest BCUT2D eigenvalue weighted by Crippen LogP contribution is 2.25. The van der Waals surface area contributed by atoms with Gasteiger partial charge in [-0.15, -0.1) is 0 Å². The van der Waals surface area contributed by atoms with E-state index in [1.807, 2.05) is 57.5 Å². The van der Waals surface area contributed by atoms with Gasteiger partial charge in [0.2, 0.25) is 66.3 Å². The van der Waals surface area contributed by atoms with E-state index in [9.17, 15) is 74.4 Å². The van der Waals surface area contributed by atoms with Gasteiger partial charge in [0.25, 0.3) is 11.8 Å². The molecule has 8 amide bonds. The SMILES string of the molecule is CCC(NC)C(=O)NCCCOCCCNC(=O)CCC(=O)NCCCn1cc(C(=O)NC[C@H](NS(=O)(=O)c2c(C)cc(C)cc2C)C(=O)OC)c(=O)c2ccc(CN=C3CC=CN3)cc21.COC(=O)[C@H](CNC(=O)c1cn(CCCNC(=O)CCC(=O)NCCCOCCCNC(C)=O)c2cc(CN=C3CC=CN3)ccc2c1=O)NS(=O)(=O)c1c(C)cc(C)cc1C. The number of esters is 2. The molecule has 4 aromatic carbocycles. The number of amidine groups is 2. The van der Waals surface area contributed by atoms with E-state index in [0.29, 0.717) is 157 Å². The third kappa shape index (κ3) is 33.1. The highest BCUT2D eigenvalue weighted by Gasteiger charge is 2.33. The first-order chi connectivity index (χ1) is 61.2. The van der Waals surface area contributed by atoms with Gasteiger partial charge in [0, 0.05) is 160 Å². The summed E-state index contributed by atoms with van der Waals surface area (Å²) in [7, 11) is -4.56. The summed E-state index contributed by atoms with van der Waals surface area (Å²) in [5, 5.41) is 31.4. The van der Waals surface area contributed by atoms with Crippen molar-refractivity contribution < 1.29 is 83.7 Å². The number of aromatic nitrogens is 2. The van der Waals surface area contributed by atoms with Gasteiger partial charge in [-0.1, -0.05) is 66.6 Å². The lowest BCUT2D eigenvalue weighted by Crippen LogP contribution is -2.49. The molecule has 0 fully saturated rings. The Morgan fingerprint density at radius 1 is 0.469 bits per heavy atom. The van der Waals surface area contributed by atoms with E-state index in [1.54, 1.807) is 92.4 Å². The number of sulfonamides is 2. The van der Waals surface area contributed by atoms with Crippen molar-refractivity contribution in [1.29, 1.82) is 0 Å². The zero-order chi connectivity index (χ0) is 93.5. The molecule has 6 aromatic rings. The van der Waals surface area contributed by atoms with Crippen LogP contribution >= 0.6 is 0 Å². The number of methoxy groups -OCH3 is 2. The number of nitrogens with zero attached hydrogens (tertiary/aromatic N) is 4. The number of ether oxygens (including phenoxy) is 4. The first-order valence-electron chi connectivity index (χ1n) is 42.7. The van der Waals surface area contributed by atoms with Gasteiger partial charge in [0.15, 0.2) is 0 Å². The Bertz CT molecular complexity index is 5370. The van der Waals surface area contributed by atoms with Crippen LogP contribution in [0.1, 0.15) is 163 Å². The molecular formula is C89H123N17O20S2. The fourth-order valence-electron chi connectivity index (χ4n) is 14.2. The number of pyridine rings is 2. The van der Waals surface area contributed by atoms with Gasteiger partial charge in [-0.05, 0) is 164 Å². The molecule has 0 saturated heterocycles. The number of aryl methyl sites for hydroxylation is 8. The number of likely N-dealkylation sites (N-methyl/N-ethyl adjacent to an activating group) is 1. The summed E-state index contributed by atoms with van der Waals surface area (Å²) in [4.78, 5) is 163. The Morgan fingerprint density at radius 3 is 1.15 bits per heavy atom. The van der Waals surface area contributed by atoms with Crippen LogP contribution in [0.5, 0.6) is 0 Å². The highest BCUT2D eigenvalue weighted by atomic mass is 32.2. The number of hydrogen-bond donors (Lipinski definition) is 13. The van der Waals surface area contributed by atoms with Gasteiger partial charge in [-0.2, -0.15) is 9.44 Å². The average molecular weight is 1820 g/mol. The van der Waals surface area contributed by atoms with E-state index in [-0.39, 0.29) is 125 Å². The van der Waals surface area contributed by atoms with Crippen LogP contribution in [0.25, 0.3) is 21.8 Å². The van der Waals surface area contributed by atoms with Crippen LogP contribution in [0.4, 0.5) is 0 Å². The Morgan fingerprint density at radius 2 is 0.820 bits per heavy atom. The summed E-state index contributed by atoms with van der Waals surface area (Å²) in [6, 6.07) is 14.0. The predicted molar refractivity (Wildman–Crippen MR) is 485 cm³/mol. The number of benzene rings is 4. The molecule has 0 radical (unpaired) electrons. The van der Waals surface area contributed by atoms with Crippen molar-refractivity contribution in [1.82, 2.24) is 77.1 Å². The van der Waals surface area contributed by atoms with Crippen molar-refractivity contribution in [2.75, 3.05) is 100 Å². The molecule has 1 unspecified atom stereocenters. The molecule has 0 saturated carbocycles. The second-order valence-corrected chi connectivity index (χ2v) is 34.2. The second-order valence-electron chi connectivity index (χ2n) is 30.9. The standard InChI is InChI=1S/C46H65N9O10S.C43H58N8O10S/c1-7-36(47-5)45(60)51-20-11-23-65-22-10-19-50-41(57)16-15-40(56)49-18-9-21-55-29-35(42(58)34-14-13-33(26-38(34)55)27-52-39-12-8-17-48-39)44(59)53-28-37(46(61)64-6)54-66(62,63)43-31(3)24-30(2)25-32(43)4;1-28-22-29(2)41(30(3)23-28)62(58,59)50-35(43(57)60-5)26-49-42(56)34-27-51(36-24-32(11-12-33(36)40(34)55)25-48-37-10-6-15-45-37)19-7-16-46-38(53)13-14-39(54)47-18-9-21-61-20-8-17-44-31(4)52/h8,13-14,17,24-26,29,36-37,47,54H,7,9-12,15-16,18-23,27-28H2,1-6H3,(H,48,52)(H,49,56)(H,50,57)(H,51,60)(H,53,59);6,11-12,15,22-24,27,35,50H,7-10,13-14,16-21,25-26H2,1-5H3,(H,44,52)(H,45,48)(H,46,53)(H,47,54)(H,49,56)/t36?,37-;35-/m00/s1. The monoisotopic (exact) mass is 1810 g/mol. The molecule has 128 heavy (non-hydrogen) atoms. The molecule has 8 rings (SSSR count). The van der Waals surface area contributed by atoms with Crippen LogP contribution in [0.2, 0.25) is 0 Å². The van der Waals surface area contributed by atoms with E-state index in [2.05, 4.69) is 77.9 Å². The first-order valence-corrected chi connectivity index (χ1v) is 45.7. The van der Waals surface area contributed by atoms with Crippen molar-refractivity contribution in [3.05, 3.63) is 174 Å². The molecule has 0 bridgehead atoms. The number of aliphatic imine (C=N–C) groups is 2. The van der Waals surface area contributed by atoms with Gasteiger partial charge in [-0.25, -0.2) is 16.8 Å². The van der Waals surface area contributed by atoms with E-state index >= 15 is 0 Å². The van der Waals surface area contributed by atoms with Crippen LogP contribution in [0.15, 0.2) is 127 Å². The van der Waals surface area contributed by atoms with Gasteiger partial charge in [0.1, 0.15) is 34.9 Å². The third-order valence-corrected chi connectivity index (χ3v) is 24.0. The maximum atomic E-state index is 13.9. The maximum Gasteiger partial charge on any atom is 0.325 e. The molecule has 13 N–H and O–H groups in total. The fraction of sp³-hybridized carbons (Fsp3) is 0.483. The van der Waals surface area contributed by atoms with Crippen LogP contribution in [-0.2, 0) is 104 Å². The van der Waals surface area contributed by atoms with Gasteiger partial charge < -0.3 is 86.6 Å². The average Bonchev–Trinajstić information content (AvgIpc) is 0.789. The molecule has 0 spiro atoms. The topological polar surface area (TPSA) is 501 Å². The summed E-state index contributed by atoms with van der Waals surface area (Å²) in [6.07, 6.45) is 15.7. The molecular weight excluding hydrogens is 1690 g/mol. The number of amides is 8. The number of rotatable bonds is 51. The highest BCUT2D eigenvalue weighted by molar-refractivity contribution is 7.90. The molecule has 39 heteroatoms. The zero-order valence-corrected chi connectivity index (χ0v) is 76.4. The molecule has 4 heterocycles. The Balaban J connectivity index is 0.000000351. The first kappa shape index (κ1) is 103. The summed E-state index contributed by atoms with van der Waals surface area (Å²) in [6.45, 7) is 18.0. The summed E-state index contributed by atoms with van der Waals surface area (Å²) in [5.74, 6) is -3.23. The van der Waals surface area contributed by atoms with Crippen molar-refractivity contribution in [3.8, 4) is 0 Å². The Kier molecular flexibility index (Phi) is 42.3. The minimum absolute atomic E-state index is 0.00264. The van der Waals surface area contributed by atoms with Crippen molar-refractivity contribution in [2.24, 2.45) is 9.98 Å². The Hall–Kier alpha value is -11.9. The van der Waals surface area contributed by atoms with Crippen LogP contribution in [0.3, 0.4) is 0 Å². The second kappa shape index (κ2) is 52.4. The molecule has 37 nitrogen and oxygen atoms in total. The lowest BCUT2D eigenvalue weighted by molar-refractivity contribution is -0.143. The van der Waals surface area contributed by atoms with E-state index in [4.69, 9.17) is 18.9 Å². The van der Waals surface area contributed by atoms with Crippen LogP contribution in [-0.4, -0.2) is 215 Å². The number of nitrogens with one attached hydrogen (secondary N) is 13. The summed E-state index contributed by atoms with van der Waals surface area (Å²) >= 11 is 0. The maximum absolute atomic E-state index is 13.9. The number of carbonyl (C=O) groups is 10. The van der Waals surface area contributed by atoms with Gasteiger partial charge in [-0.3, -0.25) is 67.5 Å². The number of hydrogen-bond acceptors (Lipinski definition) is 23. The van der Waals surface area contributed by atoms with Crippen LogP contribution in [0, 0.1) is 41.5 Å². The fourth-order valence-corrected chi connectivity index (χ4v) is 17.5. The predicted octanol–water partition coefficient (Wildman–Crippen LogP) is 3.81. The van der Waals surface area contributed by atoms with Crippen molar-refractivity contribution >= 4 is 113 Å². The molecule has 2 aliphatic heterocycles. The van der Waals surface area contributed by atoms with E-state index in [1.165, 1.54) is 19.3 Å². The normalized spacial score (nSPS) is 13.6. The zero-order valence-electron chi connectivity index (χ0n) is 74.7. The van der Waals surface area contributed by atoms with E-state index in [0.717, 1.165) is 48.1 Å². The van der Waals surface area contributed by atoms with Gasteiger partial charge >= 0.3 is 11.9 Å². The largest absolute Gasteiger partial charge is 0.468 e. The lowest BCUT2D eigenvalue weighted by Gasteiger charge is -2.20. The smallest absolute Gasteiger partial charge is 0.325 e. The molecule has 2 aliphatic rings.